The van der Waals surface area contributed by atoms with Crippen LogP contribution < -0.4 is 11.5 Å². The van der Waals surface area contributed by atoms with Gasteiger partial charge in [0.2, 0.25) is 0 Å². The smallest absolute Gasteiger partial charge is 0.185 e. The van der Waals surface area contributed by atoms with Gasteiger partial charge in [0.15, 0.2) is 5.96 Å². The standard InChI is InChI=1S/C8H17N3O/c1-6-4-7(2-3-12-6)5-11-8(9)10/h6-7H,2-5H2,1H3,(H4,9,10,11). The van der Waals surface area contributed by atoms with Gasteiger partial charge in [-0.05, 0) is 25.7 Å². The Morgan fingerprint density at radius 1 is 1.58 bits per heavy atom. The minimum atomic E-state index is 0.189. The summed E-state index contributed by atoms with van der Waals surface area (Å²) in [5, 5.41) is 0. The number of ether oxygens (including phenoxy) is 1. The second-order valence-corrected chi connectivity index (χ2v) is 3.34. The SMILES string of the molecule is CC1CC(CN=C(N)N)CCO1. The fourth-order valence-electron chi connectivity index (χ4n) is 1.49. The maximum Gasteiger partial charge on any atom is 0.185 e. The largest absolute Gasteiger partial charge is 0.378 e. The third-order valence-electron chi connectivity index (χ3n) is 2.13. The van der Waals surface area contributed by atoms with E-state index in [0.717, 1.165) is 26.0 Å². The van der Waals surface area contributed by atoms with Crippen molar-refractivity contribution in [1.29, 1.82) is 0 Å². The zero-order valence-corrected chi connectivity index (χ0v) is 7.49. The van der Waals surface area contributed by atoms with Gasteiger partial charge < -0.3 is 16.2 Å². The zero-order chi connectivity index (χ0) is 8.97. The molecule has 0 aromatic rings. The van der Waals surface area contributed by atoms with Crippen LogP contribution in [0.4, 0.5) is 0 Å². The molecule has 0 bridgehead atoms. The highest BCUT2D eigenvalue weighted by Crippen LogP contribution is 2.19. The average Bonchev–Trinajstić information content (AvgIpc) is 2.01. The van der Waals surface area contributed by atoms with Gasteiger partial charge in [0.25, 0.3) is 0 Å². The molecule has 1 saturated heterocycles. The lowest BCUT2D eigenvalue weighted by atomic mass is 9.96. The highest BCUT2D eigenvalue weighted by Gasteiger charge is 2.18. The lowest BCUT2D eigenvalue weighted by Crippen LogP contribution is -2.28. The molecule has 0 saturated carbocycles. The molecule has 0 aromatic heterocycles. The number of hydrogen-bond acceptors (Lipinski definition) is 2. The van der Waals surface area contributed by atoms with Crippen LogP contribution in [0, 0.1) is 5.92 Å². The number of guanidine groups is 1. The maximum atomic E-state index is 5.40. The van der Waals surface area contributed by atoms with E-state index in [-0.39, 0.29) is 5.96 Å². The first kappa shape index (κ1) is 9.32. The summed E-state index contributed by atoms with van der Waals surface area (Å²) < 4.78 is 5.40. The van der Waals surface area contributed by atoms with Crippen molar-refractivity contribution in [2.24, 2.45) is 22.4 Å². The van der Waals surface area contributed by atoms with Crippen molar-refractivity contribution in [3.05, 3.63) is 0 Å². The summed E-state index contributed by atoms with van der Waals surface area (Å²) in [6.07, 6.45) is 2.50. The molecule has 2 unspecified atom stereocenters. The first-order valence-corrected chi connectivity index (χ1v) is 4.35. The topological polar surface area (TPSA) is 73.6 Å². The van der Waals surface area contributed by atoms with Gasteiger partial charge in [-0.25, -0.2) is 0 Å². The normalized spacial score (nSPS) is 29.8. The first-order chi connectivity index (χ1) is 5.68. The van der Waals surface area contributed by atoms with E-state index in [0.29, 0.717) is 12.0 Å². The van der Waals surface area contributed by atoms with E-state index in [1.54, 1.807) is 0 Å². The van der Waals surface area contributed by atoms with Crippen molar-refractivity contribution in [3.8, 4) is 0 Å². The van der Waals surface area contributed by atoms with Crippen LogP contribution in [-0.2, 0) is 4.74 Å². The van der Waals surface area contributed by atoms with Gasteiger partial charge in [-0.1, -0.05) is 0 Å². The van der Waals surface area contributed by atoms with Gasteiger partial charge in [0.1, 0.15) is 0 Å². The number of hydrogen-bond donors (Lipinski definition) is 2. The van der Waals surface area contributed by atoms with Crippen LogP contribution in [0.2, 0.25) is 0 Å². The van der Waals surface area contributed by atoms with Gasteiger partial charge in [-0.15, -0.1) is 0 Å². The monoisotopic (exact) mass is 171 g/mol. The Balaban J connectivity index is 2.27. The van der Waals surface area contributed by atoms with E-state index >= 15 is 0 Å². The lowest BCUT2D eigenvalue weighted by Gasteiger charge is -2.25. The number of aliphatic imine (C=N–C) groups is 1. The molecule has 2 atom stereocenters. The van der Waals surface area contributed by atoms with Gasteiger partial charge in [-0.2, -0.15) is 0 Å². The van der Waals surface area contributed by atoms with Crippen molar-refractivity contribution in [3.63, 3.8) is 0 Å². The van der Waals surface area contributed by atoms with Crippen LogP contribution in [0.25, 0.3) is 0 Å². The van der Waals surface area contributed by atoms with Gasteiger partial charge in [0.05, 0.1) is 6.10 Å². The Bertz CT molecular complexity index is 166. The van der Waals surface area contributed by atoms with Crippen molar-refractivity contribution >= 4 is 5.96 Å². The minimum absolute atomic E-state index is 0.189. The van der Waals surface area contributed by atoms with Gasteiger partial charge >= 0.3 is 0 Å². The number of nitrogens with two attached hydrogens (primary N) is 2. The molecule has 12 heavy (non-hydrogen) atoms. The molecule has 0 aromatic carbocycles. The van der Waals surface area contributed by atoms with Gasteiger partial charge in [-0.3, -0.25) is 4.99 Å². The summed E-state index contributed by atoms with van der Waals surface area (Å²) in [6.45, 7) is 3.67. The van der Waals surface area contributed by atoms with E-state index in [9.17, 15) is 0 Å². The molecule has 0 aliphatic carbocycles. The van der Waals surface area contributed by atoms with Crippen molar-refractivity contribution in [1.82, 2.24) is 0 Å². The predicted molar refractivity (Wildman–Crippen MR) is 48.8 cm³/mol. The molecule has 1 heterocycles. The molecule has 1 rings (SSSR count). The van der Waals surface area contributed by atoms with E-state index < -0.39 is 0 Å². The summed E-state index contributed by atoms with van der Waals surface area (Å²) in [7, 11) is 0. The molecule has 4 heteroatoms. The summed E-state index contributed by atoms with van der Waals surface area (Å²) in [4.78, 5) is 4.00. The Hall–Kier alpha value is -0.770. The summed E-state index contributed by atoms with van der Waals surface area (Å²) in [5.74, 6) is 0.782. The molecule has 4 N–H and O–H groups in total. The molecule has 1 fully saturated rings. The van der Waals surface area contributed by atoms with Crippen LogP contribution in [0.1, 0.15) is 19.8 Å². The predicted octanol–water partition coefficient (Wildman–Crippen LogP) is 0.0749. The Morgan fingerprint density at radius 2 is 2.33 bits per heavy atom. The molecule has 1 aliphatic heterocycles. The Kier molecular flexibility index (Phi) is 3.34. The Morgan fingerprint density at radius 3 is 2.92 bits per heavy atom. The molecule has 0 radical (unpaired) electrons. The number of nitrogens with zero attached hydrogens (tertiary/aromatic N) is 1. The summed E-state index contributed by atoms with van der Waals surface area (Å²) in [6, 6.07) is 0. The van der Waals surface area contributed by atoms with Crippen molar-refractivity contribution < 1.29 is 4.74 Å². The quantitative estimate of drug-likeness (QED) is 0.456. The van der Waals surface area contributed by atoms with E-state index in [4.69, 9.17) is 16.2 Å². The fourth-order valence-corrected chi connectivity index (χ4v) is 1.49. The van der Waals surface area contributed by atoms with Crippen LogP contribution >= 0.6 is 0 Å². The molecular formula is C8H17N3O. The molecule has 0 amide bonds. The van der Waals surface area contributed by atoms with E-state index in [1.165, 1.54) is 0 Å². The van der Waals surface area contributed by atoms with Crippen LogP contribution in [0.3, 0.4) is 0 Å². The van der Waals surface area contributed by atoms with Crippen molar-refractivity contribution in [2.75, 3.05) is 13.2 Å². The molecule has 70 valence electrons. The molecule has 0 spiro atoms. The molecular weight excluding hydrogens is 154 g/mol. The molecule has 1 aliphatic rings. The lowest BCUT2D eigenvalue weighted by molar-refractivity contribution is 0.00482. The fraction of sp³-hybridized carbons (Fsp3) is 0.875. The average molecular weight is 171 g/mol. The maximum absolute atomic E-state index is 5.40. The third kappa shape index (κ3) is 3.09. The van der Waals surface area contributed by atoms with E-state index in [2.05, 4.69) is 11.9 Å². The van der Waals surface area contributed by atoms with Crippen LogP contribution in [0.5, 0.6) is 0 Å². The van der Waals surface area contributed by atoms with E-state index in [1.807, 2.05) is 0 Å². The highest BCUT2D eigenvalue weighted by atomic mass is 16.5. The van der Waals surface area contributed by atoms with Crippen LogP contribution in [-0.4, -0.2) is 25.2 Å². The highest BCUT2D eigenvalue weighted by molar-refractivity contribution is 5.75. The number of rotatable bonds is 2. The second-order valence-electron chi connectivity index (χ2n) is 3.34. The minimum Gasteiger partial charge on any atom is -0.378 e. The second kappa shape index (κ2) is 4.30. The first-order valence-electron chi connectivity index (χ1n) is 4.35. The van der Waals surface area contributed by atoms with Gasteiger partial charge in [0, 0.05) is 13.2 Å². The zero-order valence-electron chi connectivity index (χ0n) is 7.49. The Labute approximate surface area is 73.0 Å². The summed E-state index contributed by atoms with van der Waals surface area (Å²) >= 11 is 0. The van der Waals surface area contributed by atoms with Crippen molar-refractivity contribution in [2.45, 2.75) is 25.9 Å². The molecule has 4 nitrogen and oxygen atoms in total. The third-order valence-corrected chi connectivity index (χ3v) is 2.13. The van der Waals surface area contributed by atoms with Crippen LogP contribution in [0.15, 0.2) is 4.99 Å². The summed E-state index contributed by atoms with van der Waals surface area (Å²) in [5.41, 5.74) is 10.5.